The van der Waals surface area contributed by atoms with Gasteiger partial charge < -0.3 is 15.1 Å². The standard InChI is InChI=1S/C17H20N4O2S/c1-10-18-8-12(24-10)9-19-16(22)20-11-5-6-14-13(7-11)21-15(23-14)17(2,3)4/h5-8H,9H2,1-4H3,(H2,19,20,22). The van der Waals surface area contributed by atoms with Gasteiger partial charge in [-0.25, -0.2) is 14.8 Å². The van der Waals surface area contributed by atoms with E-state index in [1.54, 1.807) is 23.6 Å². The van der Waals surface area contributed by atoms with E-state index in [-0.39, 0.29) is 11.4 Å². The second kappa shape index (κ2) is 6.24. The van der Waals surface area contributed by atoms with Gasteiger partial charge in [0.15, 0.2) is 5.58 Å². The van der Waals surface area contributed by atoms with E-state index in [9.17, 15) is 4.79 Å². The van der Waals surface area contributed by atoms with Crippen molar-refractivity contribution in [2.75, 3.05) is 5.32 Å². The lowest BCUT2D eigenvalue weighted by Crippen LogP contribution is -2.27. The van der Waals surface area contributed by atoms with Gasteiger partial charge in [0.2, 0.25) is 5.89 Å². The minimum absolute atomic E-state index is 0.156. The van der Waals surface area contributed by atoms with Gasteiger partial charge in [-0.2, -0.15) is 0 Å². The first kappa shape index (κ1) is 16.4. The highest BCUT2D eigenvalue weighted by Gasteiger charge is 2.21. The van der Waals surface area contributed by atoms with E-state index < -0.39 is 0 Å². The number of nitrogens with one attached hydrogen (secondary N) is 2. The maximum absolute atomic E-state index is 12.0. The number of carbonyl (C=O) groups excluding carboxylic acids is 1. The summed E-state index contributed by atoms with van der Waals surface area (Å²) in [7, 11) is 0. The molecule has 0 radical (unpaired) electrons. The maximum Gasteiger partial charge on any atom is 0.319 e. The molecule has 3 aromatic rings. The lowest BCUT2D eigenvalue weighted by Gasteiger charge is -2.11. The van der Waals surface area contributed by atoms with E-state index in [1.807, 2.05) is 39.8 Å². The quantitative estimate of drug-likeness (QED) is 0.746. The lowest BCUT2D eigenvalue weighted by atomic mass is 9.97. The Morgan fingerprint density at radius 3 is 2.79 bits per heavy atom. The van der Waals surface area contributed by atoms with E-state index in [2.05, 4.69) is 20.6 Å². The van der Waals surface area contributed by atoms with Crippen LogP contribution in [0.4, 0.5) is 10.5 Å². The molecule has 0 saturated carbocycles. The normalized spacial score (nSPS) is 11.7. The first-order valence-corrected chi connectivity index (χ1v) is 8.50. The number of oxazole rings is 1. The maximum atomic E-state index is 12.0. The molecule has 2 N–H and O–H groups in total. The zero-order valence-electron chi connectivity index (χ0n) is 14.1. The first-order chi connectivity index (χ1) is 11.3. The number of fused-ring (bicyclic) bond motifs is 1. The van der Waals surface area contributed by atoms with Crippen LogP contribution in [0.1, 0.15) is 36.5 Å². The topological polar surface area (TPSA) is 80.0 Å². The number of aromatic nitrogens is 2. The van der Waals surface area contributed by atoms with E-state index in [0.29, 0.717) is 23.7 Å². The molecular weight excluding hydrogens is 324 g/mol. The van der Waals surface area contributed by atoms with Crippen LogP contribution in [-0.2, 0) is 12.0 Å². The van der Waals surface area contributed by atoms with Gasteiger partial charge >= 0.3 is 6.03 Å². The monoisotopic (exact) mass is 344 g/mol. The molecule has 0 fully saturated rings. The zero-order chi connectivity index (χ0) is 17.3. The van der Waals surface area contributed by atoms with Gasteiger partial charge in [-0.15, -0.1) is 11.3 Å². The summed E-state index contributed by atoms with van der Waals surface area (Å²) in [6.07, 6.45) is 1.77. The first-order valence-electron chi connectivity index (χ1n) is 7.68. The number of benzene rings is 1. The predicted molar refractivity (Wildman–Crippen MR) is 95.4 cm³/mol. The van der Waals surface area contributed by atoms with Gasteiger partial charge in [-0.05, 0) is 25.1 Å². The third-order valence-corrected chi connectivity index (χ3v) is 4.29. The average Bonchev–Trinajstić information content (AvgIpc) is 3.10. The van der Waals surface area contributed by atoms with E-state index in [0.717, 1.165) is 15.4 Å². The fourth-order valence-electron chi connectivity index (χ4n) is 2.16. The van der Waals surface area contributed by atoms with Crippen molar-refractivity contribution < 1.29 is 9.21 Å². The molecule has 3 rings (SSSR count). The van der Waals surface area contributed by atoms with Crippen LogP contribution in [0, 0.1) is 6.92 Å². The van der Waals surface area contributed by atoms with E-state index >= 15 is 0 Å². The number of hydrogen-bond acceptors (Lipinski definition) is 5. The SMILES string of the molecule is Cc1ncc(CNC(=O)Nc2ccc3oc(C(C)(C)C)nc3c2)s1. The van der Waals surface area contributed by atoms with E-state index in [4.69, 9.17) is 4.42 Å². The van der Waals surface area contributed by atoms with Crippen LogP contribution in [0.5, 0.6) is 0 Å². The Bertz CT molecular complexity index is 876. The molecule has 24 heavy (non-hydrogen) atoms. The Labute approximate surface area is 144 Å². The molecule has 2 amide bonds. The van der Waals surface area contributed by atoms with Crippen LogP contribution < -0.4 is 10.6 Å². The fourth-order valence-corrected chi connectivity index (χ4v) is 2.89. The minimum atomic E-state index is -0.264. The molecule has 126 valence electrons. The molecule has 2 heterocycles. The number of nitrogens with zero attached hydrogens (tertiary/aromatic N) is 2. The molecule has 0 saturated heterocycles. The fraction of sp³-hybridized carbons (Fsp3) is 0.353. The summed E-state index contributed by atoms with van der Waals surface area (Å²) < 4.78 is 5.76. The summed E-state index contributed by atoms with van der Waals surface area (Å²) in [6, 6.07) is 5.17. The molecule has 0 unspecified atom stereocenters. The van der Waals surface area contributed by atoms with Crippen molar-refractivity contribution in [2.24, 2.45) is 0 Å². The Morgan fingerprint density at radius 2 is 2.12 bits per heavy atom. The molecule has 7 heteroatoms. The number of hydrogen-bond donors (Lipinski definition) is 2. The lowest BCUT2D eigenvalue weighted by molar-refractivity contribution is 0.252. The summed E-state index contributed by atoms with van der Waals surface area (Å²) in [5, 5.41) is 6.61. The highest BCUT2D eigenvalue weighted by molar-refractivity contribution is 7.11. The van der Waals surface area contributed by atoms with Crippen molar-refractivity contribution in [3.63, 3.8) is 0 Å². The second-order valence-corrected chi connectivity index (χ2v) is 7.92. The molecule has 0 aliphatic rings. The van der Waals surface area contributed by atoms with Gasteiger partial charge in [-0.3, -0.25) is 0 Å². The molecule has 6 nitrogen and oxygen atoms in total. The third-order valence-electron chi connectivity index (χ3n) is 3.38. The number of amides is 2. The van der Waals surface area contributed by atoms with Gasteiger partial charge in [0.25, 0.3) is 0 Å². The van der Waals surface area contributed by atoms with Gasteiger partial charge in [0.1, 0.15) is 5.52 Å². The molecule has 0 aliphatic heterocycles. The van der Waals surface area contributed by atoms with Crippen molar-refractivity contribution in [1.29, 1.82) is 0 Å². The number of aryl methyl sites for hydroxylation is 1. The van der Waals surface area contributed by atoms with Crippen molar-refractivity contribution in [2.45, 2.75) is 39.7 Å². The number of rotatable bonds is 3. The molecule has 2 aromatic heterocycles. The Kier molecular flexibility index (Phi) is 4.28. The van der Waals surface area contributed by atoms with Crippen molar-refractivity contribution in [1.82, 2.24) is 15.3 Å². The summed E-state index contributed by atoms with van der Waals surface area (Å²) in [5.41, 5.74) is 1.97. The predicted octanol–water partition coefficient (Wildman–Crippen LogP) is 4.21. The van der Waals surface area contributed by atoms with Crippen molar-refractivity contribution in [3.05, 3.63) is 40.2 Å². The van der Waals surface area contributed by atoms with Gasteiger partial charge in [-0.1, -0.05) is 20.8 Å². The third kappa shape index (κ3) is 3.73. The van der Waals surface area contributed by atoms with Crippen molar-refractivity contribution in [3.8, 4) is 0 Å². The van der Waals surface area contributed by atoms with Gasteiger partial charge in [0, 0.05) is 22.2 Å². The number of carbonyl (C=O) groups is 1. The van der Waals surface area contributed by atoms with Crippen LogP contribution in [0.3, 0.4) is 0 Å². The van der Waals surface area contributed by atoms with E-state index in [1.165, 1.54) is 0 Å². The Hall–Kier alpha value is -2.41. The van der Waals surface area contributed by atoms with Crippen LogP contribution >= 0.6 is 11.3 Å². The molecule has 1 aromatic carbocycles. The van der Waals surface area contributed by atoms with Crippen molar-refractivity contribution >= 4 is 34.2 Å². The van der Waals surface area contributed by atoms with Crippen LogP contribution in [0.25, 0.3) is 11.1 Å². The summed E-state index contributed by atoms with van der Waals surface area (Å²) in [4.78, 5) is 21.7. The largest absolute Gasteiger partial charge is 0.440 e. The van der Waals surface area contributed by atoms with Crippen LogP contribution in [0.15, 0.2) is 28.8 Å². The molecule has 0 spiro atoms. The number of urea groups is 1. The summed E-state index contributed by atoms with van der Waals surface area (Å²) >= 11 is 1.57. The van der Waals surface area contributed by atoms with Gasteiger partial charge in [0.05, 0.1) is 11.6 Å². The highest BCUT2D eigenvalue weighted by Crippen LogP contribution is 2.27. The zero-order valence-corrected chi connectivity index (χ0v) is 15.0. The molecule has 0 atom stereocenters. The Morgan fingerprint density at radius 1 is 1.33 bits per heavy atom. The molecular formula is C17H20N4O2S. The smallest absolute Gasteiger partial charge is 0.319 e. The highest BCUT2D eigenvalue weighted by atomic mass is 32.1. The van der Waals surface area contributed by atoms with Crippen LogP contribution in [-0.4, -0.2) is 16.0 Å². The number of anilines is 1. The summed E-state index contributed by atoms with van der Waals surface area (Å²) in [6.45, 7) is 8.54. The second-order valence-electron chi connectivity index (χ2n) is 6.60. The summed E-state index contributed by atoms with van der Waals surface area (Å²) in [5.74, 6) is 0.680. The van der Waals surface area contributed by atoms with Crippen LogP contribution in [0.2, 0.25) is 0 Å². The average molecular weight is 344 g/mol. The minimum Gasteiger partial charge on any atom is -0.440 e. The molecule has 0 aliphatic carbocycles. The Balaban J connectivity index is 1.67. The number of thiazole rings is 1. The molecule has 0 bridgehead atoms.